The molecule has 2 heterocycles. The van der Waals surface area contributed by atoms with Gasteiger partial charge in [0, 0.05) is 32.2 Å². The number of rotatable bonds is 3. The van der Waals surface area contributed by atoms with Crippen molar-refractivity contribution in [2.45, 2.75) is 25.5 Å². The summed E-state index contributed by atoms with van der Waals surface area (Å²) in [6.45, 7) is 8.56. The minimum atomic E-state index is 0.333. The van der Waals surface area contributed by atoms with Crippen molar-refractivity contribution in [3.8, 4) is 0 Å². The average molecular weight is 227 g/mol. The van der Waals surface area contributed by atoms with E-state index in [-0.39, 0.29) is 0 Å². The van der Waals surface area contributed by atoms with Gasteiger partial charge >= 0.3 is 0 Å². The van der Waals surface area contributed by atoms with Crippen molar-refractivity contribution in [1.29, 1.82) is 0 Å². The molecule has 2 aliphatic rings. The number of likely N-dealkylation sites (tertiary alicyclic amines) is 1. The molecule has 2 aliphatic heterocycles. The van der Waals surface area contributed by atoms with E-state index in [0.29, 0.717) is 18.1 Å². The van der Waals surface area contributed by atoms with Gasteiger partial charge in [-0.15, -0.1) is 0 Å². The molecule has 16 heavy (non-hydrogen) atoms. The molecule has 0 amide bonds. The van der Waals surface area contributed by atoms with E-state index in [9.17, 15) is 0 Å². The molecule has 0 aromatic rings. The van der Waals surface area contributed by atoms with Crippen LogP contribution >= 0.6 is 0 Å². The maximum absolute atomic E-state index is 5.95. The lowest BCUT2D eigenvalue weighted by molar-refractivity contribution is -0.0332. The number of ether oxygens (including phenoxy) is 1. The zero-order valence-corrected chi connectivity index (χ0v) is 10.6. The Balaban J connectivity index is 1.74. The SMILES string of the molecule is CC(N)C1CCN(CC2CN(C)CCO2)C1. The van der Waals surface area contributed by atoms with Crippen molar-refractivity contribution in [3.63, 3.8) is 0 Å². The first-order chi connectivity index (χ1) is 7.65. The molecule has 2 fully saturated rings. The van der Waals surface area contributed by atoms with E-state index < -0.39 is 0 Å². The highest BCUT2D eigenvalue weighted by atomic mass is 16.5. The quantitative estimate of drug-likeness (QED) is 0.736. The molecule has 2 N–H and O–H groups in total. The fraction of sp³-hybridized carbons (Fsp3) is 1.00. The van der Waals surface area contributed by atoms with Crippen molar-refractivity contribution < 1.29 is 4.74 Å². The summed E-state index contributed by atoms with van der Waals surface area (Å²) in [6.07, 6.45) is 1.64. The molecular weight excluding hydrogens is 202 g/mol. The summed E-state index contributed by atoms with van der Waals surface area (Å²) < 4.78 is 5.79. The minimum absolute atomic E-state index is 0.333. The van der Waals surface area contributed by atoms with Crippen LogP contribution in [0.1, 0.15) is 13.3 Å². The molecule has 4 nitrogen and oxygen atoms in total. The summed E-state index contributed by atoms with van der Waals surface area (Å²) in [6, 6.07) is 0.333. The molecule has 2 rings (SSSR count). The summed E-state index contributed by atoms with van der Waals surface area (Å²) in [7, 11) is 2.17. The predicted octanol–water partition coefficient (Wildman–Crippen LogP) is -0.0139. The molecule has 3 atom stereocenters. The zero-order chi connectivity index (χ0) is 11.5. The topological polar surface area (TPSA) is 41.7 Å². The second-order valence-corrected chi connectivity index (χ2v) is 5.42. The lowest BCUT2D eigenvalue weighted by Gasteiger charge is -2.32. The number of nitrogens with two attached hydrogens (primary N) is 1. The van der Waals surface area contributed by atoms with E-state index in [4.69, 9.17) is 10.5 Å². The van der Waals surface area contributed by atoms with Crippen molar-refractivity contribution in [1.82, 2.24) is 9.80 Å². The van der Waals surface area contributed by atoms with Crippen LogP contribution in [0.2, 0.25) is 0 Å². The van der Waals surface area contributed by atoms with E-state index >= 15 is 0 Å². The van der Waals surface area contributed by atoms with Gasteiger partial charge in [0.1, 0.15) is 0 Å². The third-order valence-electron chi connectivity index (χ3n) is 3.86. The largest absolute Gasteiger partial charge is 0.374 e. The highest BCUT2D eigenvalue weighted by molar-refractivity contribution is 4.83. The van der Waals surface area contributed by atoms with Gasteiger partial charge in [-0.1, -0.05) is 0 Å². The molecule has 0 saturated carbocycles. The fourth-order valence-electron chi connectivity index (χ4n) is 2.72. The third kappa shape index (κ3) is 3.17. The molecular formula is C12H25N3O. The van der Waals surface area contributed by atoms with Gasteiger partial charge in [-0.25, -0.2) is 0 Å². The van der Waals surface area contributed by atoms with Gasteiger partial charge < -0.3 is 20.3 Å². The highest BCUT2D eigenvalue weighted by Gasteiger charge is 2.28. The molecule has 4 heteroatoms. The van der Waals surface area contributed by atoms with E-state index in [0.717, 1.165) is 32.8 Å². The Labute approximate surface area is 98.7 Å². The van der Waals surface area contributed by atoms with Gasteiger partial charge in [0.05, 0.1) is 12.7 Å². The van der Waals surface area contributed by atoms with Crippen LogP contribution in [0.4, 0.5) is 0 Å². The average Bonchev–Trinajstić information content (AvgIpc) is 2.66. The van der Waals surface area contributed by atoms with E-state index in [1.165, 1.54) is 13.0 Å². The summed E-state index contributed by atoms with van der Waals surface area (Å²) in [5, 5.41) is 0. The van der Waals surface area contributed by atoms with Gasteiger partial charge in [0.2, 0.25) is 0 Å². The number of morpholine rings is 1. The van der Waals surface area contributed by atoms with Crippen molar-refractivity contribution >= 4 is 0 Å². The third-order valence-corrected chi connectivity index (χ3v) is 3.86. The second kappa shape index (κ2) is 5.45. The van der Waals surface area contributed by atoms with Crippen LogP contribution in [0.3, 0.4) is 0 Å². The van der Waals surface area contributed by atoms with Gasteiger partial charge in [-0.05, 0) is 32.9 Å². The zero-order valence-electron chi connectivity index (χ0n) is 10.6. The van der Waals surface area contributed by atoms with E-state index in [1.54, 1.807) is 0 Å². The van der Waals surface area contributed by atoms with Crippen LogP contribution in [0, 0.1) is 5.92 Å². The van der Waals surface area contributed by atoms with Gasteiger partial charge in [-0.3, -0.25) is 0 Å². The molecule has 0 aromatic heterocycles. The van der Waals surface area contributed by atoms with Gasteiger partial charge in [0.25, 0.3) is 0 Å². The Morgan fingerprint density at radius 3 is 2.81 bits per heavy atom. The van der Waals surface area contributed by atoms with Gasteiger partial charge in [-0.2, -0.15) is 0 Å². The summed E-state index contributed by atoms with van der Waals surface area (Å²) >= 11 is 0. The van der Waals surface area contributed by atoms with Crippen LogP contribution in [0.5, 0.6) is 0 Å². The molecule has 0 aliphatic carbocycles. The Hall–Kier alpha value is -0.160. The Morgan fingerprint density at radius 2 is 2.19 bits per heavy atom. The summed E-state index contributed by atoms with van der Waals surface area (Å²) in [4.78, 5) is 4.87. The predicted molar refractivity (Wildman–Crippen MR) is 65.4 cm³/mol. The number of nitrogens with zero attached hydrogens (tertiary/aromatic N) is 2. The van der Waals surface area contributed by atoms with Crippen molar-refractivity contribution in [2.75, 3.05) is 46.4 Å². The smallest absolute Gasteiger partial charge is 0.0829 e. The molecule has 0 bridgehead atoms. The second-order valence-electron chi connectivity index (χ2n) is 5.42. The first-order valence-electron chi connectivity index (χ1n) is 6.43. The molecule has 0 radical (unpaired) electrons. The maximum atomic E-state index is 5.95. The Kier molecular flexibility index (Phi) is 4.19. The first kappa shape index (κ1) is 12.3. The lowest BCUT2D eigenvalue weighted by atomic mass is 10.0. The molecule has 3 unspecified atom stereocenters. The van der Waals surface area contributed by atoms with Crippen LogP contribution in [0.15, 0.2) is 0 Å². The van der Waals surface area contributed by atoms with Crippen LogP contribution < -0.4 is 5.73 Å². The van der Waals surface area contributed by atoms with Crippen LogP contribution in [0.25, 0.3) is 0 Å². The van der Waals surface area contributed by atoms with E-state index in [2.05, 4.69) is 23.8 Å². The standard InChI is InChI=1S/C12H25N3O/c1-10(13)11-3-4-15(7-11)9-12-8-14(2)5-6-16-12/h10-12H,3-9,13H2,1-2H3. The lowest BCUT2D eigenvalue weighted by Crippen LogP contribution is -2.45. The highest BCUT2D eigenvalue weighted by Crippen LogP contribution is 2.19. The van der Waals surface area contributed by atoms with Crippen LogP contribution in [-0.4, -0.2) is 68.3 Å². The van der Waals surface area contributed by atoms with Crippen LogP contribution in [-0.2, 0) is 4.74 Å². The Bertz CT molecular complexity index is 222. The van der Waals surface area contributed by atoms with Gasteiger partial charge in [0.15, 0.2) is 0 Å². The number of hydrogen-bond acceptors (Lipinski definition) is 4. The van der Waals surface area contributed by atoms with E-state index in [1.807, 2.05) is 0 Å². The first-order valence-corrected chi connectivity index (χ1v) is 6.43. The normalized spacial score (nSPS) is 35.4. The maximum Gasteiger partial charge on any atom is 0.0829 e. The van der Waals surface area contributed by atoms with Crippen molar-refractivity contribution in [2.24, 2.45) is 11.7 Å². The molecule has 0 aromatic carbocycles. The monoisotopic (exact) mass is 227 g/mol. The van der Waals surface area contributed by atoms with Crippen molar-refractivity contribution in [3.05, 3.63) is 0 Å². The number of likely N-dealkylation sites (N-methyl/N-ethyl adjacent to an activating group) is 1. The minimum Gasteiger partial charge on any atom is -0.374 e. The Morgan fingerprint density at radius 1 is 1.38 bits per heavy atom. The summed E-state index contributed by atoms with van der Waals surface area (Å²) in [5.41, 5.74) is 5.95. The molecule has 2 saturated heterocycles. The molecule has 0 spiro atoms. The molecule has 94 valence electrons. The number of hydrogen-bond donors (Lipinski definition) is 1. The summed E-state index contributed by atoms with van der Waals surface area (Å²) in [5.74, 6) is 0.682. The fourth-order valence-corrected chi connectivity index (χ4v) is 2.72.